The molecule has 1 fully saturated rings. The highest BCUT2D eigenvalue weighted by Crippen LogP contribution is 2.18. The first kappa shape index (κ1) is 16.2. The minimum absolute atomic E-state index is 0.0605. The molecule has 10 heteroatoms. The van der Waals surface area contributed by atoms with Crippen molar-refractivity contribution in [3.63, 3.8) is 0 Å². The molecule has 1 heterocycles. The van der Waals surface area contributed by atoms with Crippen LogP contribution in [0.5, 0.6) is 0 Å². The molecule has 0 saturated carbocycles. The van der Waals surface area contributed by atoms with Crippen molar-refractivity contribution >= 4 is 37.4 Å². The minimum atomic E-state index is -3.92. The fourth-order valence-electron chi connectivity index (χ4n) is 1.89. The maximum atomic E-state index is 11.9. The first-order chi connectivity index (χ1) is 9.70. The lowest BCUT2D eigenvalue weighted by molar-refractivity contribution is -0.124. The lowest BCUT2D eigenvalue weighted by atomic mass is 10.1. The summed E-state index contributed by atoms with van der Waals surface area (Å²) >= 11 is 5.66. The predicted molar refractivity (Wildman–Crippen MR) is 76.7 cm³/mol. The van der Waals surface area contributed by atoms with E-state index >= 15 is 0 Å². The Hall–Kier alpha value is -1.16. The van der Waals surface area contributed by atoms with Gasteiger partial charge in [0.1, 0.15) is 0 Å². The fraction of sp³-hybridized carbons (Fsp3) is 0.364. The molecule has 7 nitrogen and oxygen atoms in total. The summed E-state index contributed by atoms with van der Waals surface area (Å²) in [5.41, 5.74) is 2.04. The van der Waals surface area contributed by atoms with Gasteiger partial charge in [-0.05, 0) is 30.7 Å². The number of hydrazine groups is 1. The number of hydrogen-bond donors (Lipinski definition) is 2. The molecule has 0 unspecified atom stereocenters. The normalized spacial score (nSPS) is 21.1. The highest BCUT2D eigenvalue weighted by atomic mass is 35.5. The van der Waals surface area contributed by atoms with Crippen LogP contribution in [0.1, 0.15) is 6.42 Å². The summed E-state index contributed by atoms with van der Waals surface area (Å²) in [5, 5.41) is 0.383. The molecule has 0 bridgehead atoms. The Labute approximate surface area is 127 Å². The molecule has 1 saturated heterocycles. The van der Waals surface area contributed by atoms with E-state index < -0.39 is 31.7 Å². The number of rotatable bonds is 4. The van der Waals surface area contributed by atoms with E-state index in [0.717, 1.165) is 0 Å². The molecule has 1 atom stereocenters. The third-order valence-corrected chi connectivity index (χ3v) is 6.32. The molecular formula is C11H13ClN2O5S2. The molecule has 21 heavy (non-hydrogen) atoms. The molecule has 116 valence electrons. The lowest BCUT2D eigenvalue weighted by Crippen LogP contribution is -2.44. The summed E-state index contributed by atoms with van der Waals surface area (Å²) in [6.45, 7) is 0. The van der Waals surface area contributed by atoms with Crippen LogP contribution < -0.4 is 10.3 Å². The number of carbonyl (C=O) groups excluding carboxylic acids is 1. The van der Waals surface area contributed by atoms with Gasteiger partial charge in [0, 0.05) is 5.02 Å². The first-order valence-corrected chi connectivity index (χ1v) is 9.65. The zero-order valence-electron chi connectivity index (χ0n) is 10.7. The standard InChI is InChI=1S/C11H13ClN2O5S2/c12-9-1-3-10(4-2-9)21(18,19)14-13-11(15)8-5-6-20(16,17)7-8/h1-4,8,14H,5-7H2,(H,13,15)/t8-/m1/s1. The van der Waals surface area contributed by atoms with E-state index in [9.17, 15) is 21.6 Å². The molecule has 2 rings (SSSR count). The van der Waals surface area contributed by atoms with E-state index in [4.69, 9.17) is 11.6 Å². The summed E-state index contributed by atoms with van der Waals surface area (Å²) in [5.74, 6) is -1.71. The Morgan fingerprint density at radius 1 is 1.24 bits per heavy atom. The Morgan fingerprint density at radius 2 is 1.86 bits per heavy atom. The van der Waals surface area contributed by atoms with Crippen LogP contribution >= 0.6 is 11.6 Å². The first-order valence-electron chi connectivity index (χ1n) is 5.97. The van der Waals surface area contributed by atoms with Gasteiger partial charge in [-0.1, -0.05) is 11.6 Å². The molecule has 1 aliphatic heterocycles. The molecule has 1 aromatic rings. The molecule has 0 aliphatic carbocycles. The Bertz CT molecular complexity index is 743. The summed E-state index contributed by atoms with van der Waals surface area (Å²) < 4.78 is 46.3. The molecule has 2 N–H and O–H groups in total. The highest BCUT2D eigenvalue weighted by molar-refractivity contribution is 7.91. The quantitative estimate of drug-likeness (QED) is 0.746. The van der Waals surface area contributed by atoms with E-state index in [-0.39, 0.29) is 22.8 Å². The van der Waals surface area contributed by atoms with E-state index in [1.165, 1.54) is 24.3 Å². The molecule has 1 aromatic carbocycles. The van der Waals surface area contributed by atoms with Gasteiger partial charge in [-0.25, -0.2) is 16.8 Å². The molecule has 0 aromatic heterocycles. The number of sulfone groups is 1. The topological polar surface area (TPSA) is 109 Å². The number of hydrogen-bond acceptors (Lipinski definition) is 5. The Balaban J connectivity index is 1.99. The predicted octanol–water partition coefficient (Wildman–Crippen LogP) is 0.0842. The van der Waals surface area contributed by atoms with Crippen LogP contribution in [0.2, 0.25) is 5.02 Å². The van der Waals surface area contributed by atoms with Crippen molar-refractivity contribution in [2.24, 2.45) is 5.92 Å². The summed E-state index contributed by atoms with van der Waals surface area (Å²) in [7, 11) is -7.12. The van der Waals surface area contributed by atoms with Gasteiger partial charge < -0.3 is 0 Å². The maximum absolute atomic E-state index is 11.9. The fourth-order valence-corrected chi connectivity index (χ4v) is 4.61. The number of nitrogens with one attached hydrogen (secondary N) is 2. The van der Waals surface area contributed by atoms with E-state index in [1.54, 1.807) is 0 Å². The van der Waals surface area contributed by atoms with Crippen molar-refractivity contribution in [1.82, 2.24) is 10.3 Å². The van der Waals surface area contributed by atoms with Gasteiger partial charge >= 0.3 is 0 Å². The van der Waals surface area contributed by atoms with E-state index in [0.29, 0.717) is 5.02 Å². The van der Waals surface area contributed by atoms with Crippen LogP contribution in [0.15, 0.2) is 29.2 Å². The SMILES string of the molecule is O=C(NNS(=O)(=O)c1ccc(Cl)cc1)[C@@H]1CCS(=O)(=O)C1. The Kier molecular flexibility index (Phi) is 4.57. The monoisotopic (exact) mass is 352 g/mol. The van der Waals surface area contributed by atoms with Gasteiger partial charge in [0.2, 0.25) is 5.91 Å². The number of halogens is 1. The average Bonchev–Trinajstić information content (AvgIpc) is 2.77. The second-order valence-corrected chi connectivity index (χ2v) is 9.00. The van der Waals surface area contributed by atoms with Crippen molar-refractivity contribution < 1.29 is 21.6 Å². The van der Waals surface area contributed by atoms with Crippen molar-refractivity contribution in [1.29, 1.82) is 0 Å². The zero-order chi connectivity index (χ0) is 15.7. The van der Waals surface area contributed by atoms with Gasteiger partial charge in [0.05, 0.1) is 22.3 Å². The molecular weight excluding hydrogens is 340 g/mol. The van der Waals surface area contributed by atoms with Gasteiger partial charge in [0.25, 0.3) is 10.0 Å². The number of amides is 1. The second kappa shape index (κ2) is 5.91. The molecule has 1 amide bonds. The van der Waals surface area contributed by atoms with Crippen LogP contribution in [-0.2, 0) is 24.7 Å². The van der Waals surface area contributed by atoms with Crippen LogP contribution in [-0.4, -0.2) is 34.2 Å². The molecule has 1 aliphatic rings. The Morgan fingerprint density at radius 3 is 2.38 bits per heavy atom. The van der Waals surface area contributed by atoms with Crippen LogP contribution in [0.3, 0.4) is 0 Å². The van der Waals surface area contributed by atoms with E-state index in [2.05, 4.69) is 0 Å². The molecule has 0 spiro atoms. The zero-order valence-corrected chi connectivity index (χ0v) is 13.1. The highest BCUT2D eigenvalue weighted by Gasteiger charge is 2.33. The second-order valence-electron chi connectivity index (χ2n) is 4.65. The lowest BCUT2D eigenvalue weighted by Gasteiger charge is -2.11. The van der Waals surface area contributed by atoms with Gasteiger partial charge in [0.15, 0.2) is 9.84 Å². The maximum Gasteiger partial charge on any atom is 0.257 e. The summed E-state index contributed by atoms with van der Waals surface area (Å²) in [6.07, 6.45) is 0.191. The smallest absolute Gasteiger partial charge is 0.257 e. The van der Waals surface area contributed by atoms with Crippen LogP contribution in [0.25, 0.3) is 0 Å². The molecule has 0 radical (unpaired) electrons. The minimum Gasteiger partial charge on any atom is -0.277 e. The number of carbonyl (C=O) groups is 1. The van der Waals surface area contributed by atoms with Crippen LogP contribution in [0, 0.1) is 5.92 Å². The van der Waals surface area contributed by atoms with Crippen molar-refractivity contribution in [2.45, 2.75) is 11.3 Å². The number of sulfonamides is 1. The van der Waals surface area contributed by atoms with Gasteiger partial charge in [-0.2, -0.15) is 0 Å². The van der Waals surface area contributed by atoms with Gasteiger partial charge in [-0.3, -0.25) is 10.2 Å². The van der Waals surface area contributed by atoms with Gasteiger partial charge in [-0.15, -0.1) is 4.83 Å². The largest absolute Gasteiger partial charge is 0.277 e. The van der Waals surface area contributed by atoms with Crippen molar-refractivity contribution in [2.75, 3.05) is 11.5 Å². The van der Waals surface area contributed by atoms with Crippen molar-refractivity contribution in [3.8, 4) is 0 Å². The third kappa shape index (κ3) is 4.16. The van der Waals surface area contributed by atoms with Crippen molar-refractivity contribution in [3.05, 3.63) is 29.3 Å². The van der Waals surface area contributed by atoms with E-state index in [1.807, 2.05) is 10.3 Å². The van der Waals surface area contributed by atoms with Crippen LogP contribution in [0.4, 0.5) is 0 Å². The summed E-state index contributed by atoms with van der Waals surface area (Å²) in [6, 6.07) is 5.39. The number of benzene rings is 1. The summed E-state index contributed by atoms with van der Waals surface area (Å²) in [4.78, 5) is 13.6. The third-order valence-electron chi connectivity index (χ3n) is 3.04. The average molecular weight is 353 g/mol.